The van der Waals surface area contributed by atoms with Crippen LogP contribution in [0.1, 0.15) is 104 Å². The molecule has 0 atom stereocenters. The van der Waals surface area contributed by atoms with Crippen LogP contribution in [0.25, 0.3) is 0 Å². The van der Waals surface area contributed by atoms with E-state index in [1.165, 1.54) is 70.6 Å². The van der Waals surface area contributed by atoms with Crippen molar-refractivity contribution in [3.05, 3.63) is 24.3 Å². The molecule has 128 valence electrons. The van der Waals surface area contributed by atoms with E-state index in [-0.39, 0.29) is 5.78 Å². The van der Waals surface area contributed by atoms with E-state index in [0.29, 0.717) is 0 Å². The van der Waals surface area contributed by atoms with E-state index >= 15 is 0 Å². The number of rotatable bonds is 16. The molecule has 0 amide bonds. The van der Waals surface area contributed by atoms with E-state index in [9.17, 15) is 4.79 Å². The molecule has 0 heterocycles. The second-order valence-corrected chi connectivity index (χ2v) is 6.33. The summed E-state index contributed by atoms with van der Waals surface area (Å²) in [5.41, 5.74) is 0. The topological polar surface area (TPSA) is 17.1 Å². The molecule has 1 nitrogen and oxygen atoms in total. The van der Waals surface area contributed by atoms with Crippen LogP contribution >= 0.6 is 0 Å². The Balaban J connectivity index is 3.37. The van der Waals surface area contributed by atoms with Gasteiger partial charge in [0.05, 0.1) is 0 Å². The van der Waals surface area contributed by atoms with Crippen molar-refractivity contribution in [3.63, 3.8) is 0 Å². The van der Waals surface area contributed by atoms with Crippen LogP contribution in [-0.4, -0.2) is 5.78 Å². The van der Waals surface area contributed by atoms with Gasteiger partial charge in [0.2, 0.25) is 0 Å². The number of carbonyl (C=O) groups is 1. The summed E-state index contributed by atoms with van der Waals surface area (Å²) < 4.78 is 0. The zero-order chi connectivity index (χ0) is 16.3. The Labute approximate surface area is 139 Å². The molecule has 0 aliphatic rings. The van der Waals surface area contributed by atoms with Gasteiger partial charge in [-0.15, -0.1) is 0 Å². The summed E-state index contributed by atoms with van der Waals surface area (Å²) in [6, 6.07) is 0. The summed E-state index contributed by atoms with van der Waals surface area (Å²) in [5.74, 6) is 0.279. The van der Waals surface area contributed by atoms with Crippen LogP contribution in [0.3, 0.4) is 0 Å². The predicted molar refractivity (Wildman–Crippen MR) is 99.3 cm³/mol. The van der Waals surface area contributed by atoms with E-state index < -0.39 is 0 Å². The average Bonchev–Trinajstić information content (AvgIpc) is 2.52. The van der Waals surface area contributed by atoms with Gasteiger partial charge in [-0.3, -0.25) is 4.79 Å². The Morgan fingerprint density at radius 2 is 1.23 bits per heavy atom. The van der Waals surface area contributed by atoms with Gasteiger partial charge in [-0.1, -0.05) is 96.3 Å². The fraction of sp³-hybridized carbons (Fsp3) is 0.762. The van der Waals surface area contributed by atoms with E-state index in [4.69, 9.17) is 0 Å². The number of unbranched alkanes of at least 4 members (excludes halogenated alkanes) is 11. The second kappa shape index (κ2) is 18.2. The van der Waals surface area contributed by atoms with Gasteiger partial charge in [-0.25, -0.2) is 0 Å². The first-order chi connectivity index (χ1) is 10.8. The molecule has 0 saturated heterocycles. The highest BCUT2D eigenvalue weighted by molar-refractivity contribution is 5.89. The van der Waals surface area contributed by atoms with Crippen molar-refractivity contribution in [2.45, 2.75) is 104 Å². The molecule has 0 N–H and O–H groups in total. The van der Waals surface area contributed by atoms with Gasteiger partial charge in [0.1, 0.15) is 0 Å². The minimum absolute atomic E-state index is 0.279. The largest absolute Gasteiger partial charge is 0.295 e. The van der Waals surface area contributed by atoms with Crippen LogP contribution in [0.5, 0.6) is 0 Å². The van der Waals surface area contributed by atoms with E-state index in [0.717, 1.165) is 19.3 Å². The molecule has 0 aromatic heterocycles. The number of hydrogen-bond acceptors (Lipinski definition) is 1. The van der Waals surface area contributed by atoms with Crippen molar-refractivity contribution >= 4 is 5.78 Å². The van der Waals surface area contributed by atoms with Gasteiger partial charge >= 0.3 is 0 Å². The Kier molecular flexibility index (Phi) is 17.5. The predicted octanol–water partition coefficient (Wildman–Crippen LogP) is 7.17. The van der Waals surface area contributed by atoms with Gasteiger partial charge in [0.25, 0.3) is 0 Å². The zero-order valence-electron chi connectivity index (χ0n) is 15.1. The maximum absolute atomic E-state index is 11.7. The van der Waals surface area contributed by atoms with E-state index in [2.05, 4.69) is 19.9 Å². The third-order valence-corrected chi connectivity index (χ3v) is 4.03. The van der Waals surface area contributed by atoms with E-state index in [1.54, 1.807) is 6.08 Å². The lowest BCUT2D eigenvalue weighted by Crippen LogP contribution is -1.92. The summed E-state index contributed by atoms with van der Waals surface area (Å²) in [5, 5.41) is 0. The molecule has 0 fully saturated rings. The Morgan fingerprint density at radius 1 is 0.682 bits per heavy atom. The van der Waals surface area contributed by atoms with Crippen LogP contribution in [0, 0.1) is 0 Å². The van der Waals surface area contributed by atoms with Gasteiger partial charge in [-0.2, -0.15) is 0 Å². The number of carbonyl (C=O) groups excluding carboxylic acids is 1. The van der Waals surface area contributed by atoms with Gasteiger partial charge in [-0.05, 0) is 25.3 Å². The molecule has 22 heavy (non-hydrogen) atoms. The molecule has 0 radical (unpaired) electrons. The summed E-state index contributed by atoms with van der Waals surface area (Å²) in [6.07, 6.45) is 25.2. The SMILES string of the molecule is CCCCCC/C=C/C=C\C(=O)CCCCCCCCCC. The molecular formula is C21H38O. The minimum Gasteiger partial charge on any atom is -0.295 e. The van der Waals surface area contributed by atoms with E-state index in [1.807, 2.05) is 12.2 Å². The molecule has 0 aromatic carbocycles. The first-order valence-corrected chi connectivity index (χ1v) is 9.67. The zero-order valence-corrected chi connectivity index (χ0v) is 15.1. The summed E-state index contributed by atoms with van der Waals surface area (Å²) in [7, 11) is 0. The lowest BCUT2D eigenvalue weighted by molar-refractivity contribution is -0.114. The lowest BCUT2D eigenvalue weighted by Gasteiger charge is -2.00. The van der Waals surface area contributed by atoms with Gasteiger partial charge in [0.15, 0.2) is 5.78 Å². The van der Waals surface area contributed by atoms with Crippen LogP contribution in [0.2, 0.25) is 0 Å². The Morgan fingerprint density at radius 3 is 1.86 bits per heavy atom. The van der Waals surface area contributed by atoms with Crippen molar-refractivity contribution in [3.8, 4) is 0 Å². The third kappa shape index (κ3) is 17.2. The van der Waals surface area contributed by atoms with Gasteiger partial charge < -0.3 is 0 Å². The first kappa shape index (κ1) is 21.1. The third-order valence-electron chi connectivity index (χ3n) is 4.03. The molecular weight excluding hydrogens is 268 g/mol. The minimum atomic E-state index is 0.279. The van der Waals surface area contributed by atoms with Crippen molar-refractivity contribution in [2.75, 3.05) is 0 Å². The maximum Gasteiger partial charge on any atom is 0.155 e. The van der Waals surface area contributed by atoms with Crippen LogP contribution in [-0.2, 0) is 4.79 Å². The lowest BCUT2D eigenvalue weighted by atomic mass is 10.1. The molecule has 0 saturated carbocycles. The normalized spacial score (nSPS) is 11.7. The number of ketones is 1. The molecule has 1 heteroatoms. The Bertz CT molecular complexity index is 288. The quantitative estimate of drug-likeness (QED) is 0.168. The van der Waals surface area contributed by atoms with Crippen molar-refractivity contribution in [1.82, 2.24) is 0 Å². The van der Waals surface area contributed by atoms with Crippen molar-refractivity contribution < 1.29 is 4.79 Å². The van der Waals surface area contributed by atoms with Crippen LogP contribution in [0.15, 0.2) is 24.3 Å². The molecule has 0 aliphatic heterocycles. The van der Waals surface area contributed by atoms with Crippen LogP contribution < -0.4 is 0 Å². The molecule has 0 rings (SSSR count). The molecule has 0 spiro atoms. The molecule has 0 unspecified atom stereocenters. The standard InChI is InChI=1S/C21H38O/c1-3-5-7-9-11-13-15-17-19-21(22)20-18-16-14-12-10-8-6-4-2/h13,15,17,19H,3-12,14,16,18,20H2,1-2H3/b15-13+,19-17-. The van der Waals surface area contributed by atoms with Crippen molar-refractivity contribution in [2.24, 2.45) is 0 Å². The maximum atomic E-state index is 11.7. The van der Waals surface area contributed by atoms with Gasteiger partial charge in [0, 0.05) is 6.42 Å². The summed E-state index contributed by atoms with van der Waals surface area (Å²) >= 11 is 0. The molecule has 0 bridgehead atoms. The summed E-state index contributed by atoms with van der Waals surface area (Å²) in [4.78, 5) is 11.7. The smallest absolute Gasteiger partial charge is 0.155 e. The molecule has 0 aromatic rings. The first-order valence-electron chi connectivity index (χ1n) is 9.67. The highest BCUT2D eigenvalue weighted by Gasteiger charge is 1.96. The summed E-state index contributed by atoms with van der Waals surface area (Å²) in [6.45, 7) is 4.48. The number of allylic oxidation sites excluding steroid dienone is 4. The Hall–Kier alpha value is -0.850. The van der Waals surface area contributed by atoms with Crippen molar-refractivity contribution in [1.29, 1.82) is 0 Å². The molecule has 0 aliphatic carbocycles. The second-order valence-electron chi connectivity index (χ2n) is 6.33. The fourth-order valence-corrected chi connectivity index (χ4v) is 2.54. The fourth-order valence-electron chi connectivity index (χ4n) is 2.54. The highest BCUT2D eigenvalue weighted by Crippen LogP contribution is 2.10. The highest BCUT2D eigenvalue weighted by atomic mass is 16.1. The average molecular weight is 307 g/mol. The number of hydrogen-bond donors (Lipinski definition) is 0. The monoisotopic (exact) mass is 306 g/mol. The van der Waals surface area contributed by atoms with Crippen LogP contribution in [0.4, 0.5) is 0 Å².